The lowest BCUT2D eigenvalue weighted by molar-refractivity contribution is 0.0730. The highest BCUT2D eigenvalue weighted by Crippen LogP contribution is 2.20. The lowest BCUT2D eigenvalue weighted by atomic mass is 10.2. The molecule has 0 aliphatic carbocycles. The fourth-order valence-corrected chi connectivity index (χ4v) is 4.90. The Morgan fingerprint density at radius 2 is 1.93 bits per heavy atom. The minimum atomic E-state index is -3.55. The second kappa shape index (κ2) is 8.47. The zero-order chi connectivity index (χ0) is 19.4. The third-order valence-corrected chi connectivity index (χ3v) is 7.32. The predicted octanol–water partition coefficient (Wildman–Crippen LogP) is 2.22. The van der Waals surface area contributed by atoms with Gasteiger partial charge < -0.3 is 10.1 Å². The number of benzene rings is 1. The van der Waals surface area contributed by atoms with Crippen molar-refractivity contribution in [3.05, 3.63) is 45.9 Å². The topological polar surface area (TPSA) is 88.6 Å². The van der Waals surface area contributed by atoms with Crippen molar-refractivity contribution in [1.82, 2.24) is 14.6 Å². The molecule has 1 N–H and O–H groups in total. The normalized spacial score (nSPS) is 15.8. The van der Waals surface area contributed by atoms with E-state index in [9.17, 15) is 13.2 Å². The van der Waals surface area contributed by atoms with Gasteiger partial charge >= 0.3 is 0 Å². The van der Waals surface area contributed by atoms with E-state index in [1.807, 2.05) is 5.38 Å². The van der Waals surface area contributed by atoms with Gasteiger partial charge in [-0.2, -0.15) is 4.31 Å². The maximum absolute atomic E-state index is 12.6. The first kappa shape index (κ1) is 19.9. The van der Waals surface area contributed by atoms with Crippen molar-refractivity contribution in [3.63, 3.8) is 0 Å². The highest BCUT2D eigenvalue weighted by atomic mass is 32.2. The molecule has 1 amide bonds. The number of thiazole rings is 1. The number of nitrogens with one attached hydrogen (secondary N) is 1. The molecule has 1 aliphatic rings. The fourth-order valence-electron chi connectivity index (χ4n) is 2.66. The molecule has 1 aromatic heterocycles. The van der Waals surface area contributed by atoms with E-state index in [0.29, 0.717) is 44.3 Å². The number of ether oxygens (including phenoxy) is 1. The van der Waals surface area contributed by atoms with Crippen molar-refractivity contribution >= 4 is 27.3 Å². The number of hydrogen-bond donors (Lipinski definition) is 1. The van der Waals surface area contributed by atoms with E-state index in [4.69, 9.17) is 4.74 Å². The van der Waals surface area contributed by atoms with Gasteiger partial charge in [-0.15, -0.1) is 11.3 Å². The van der Waals surface area contributed by atoms with Gasteiger partial charge in [0, 0.05) is 30.0 Å². The van der Waals surface area contributed by atoms with Crippen LogP contribution in [0.4, 0.5) is 0 Å². The van der Waals surface area contributed by atoms with Crippen molar-refractivity contribution in [2.45, 2.75) is 31.2 Å². The molecule has 2 aromatic rings. The second-order valence-electron chi connectivity index (χ2n) is 6.56. The maximum Gasteiger partial charge on any atom is 0.251 e. The van der Waals surface area contributed by atoms with Crippen LogP contribution < -0.4 is 5.32 Å². The number of morpholine rings is 1. The zero-order valence-corrected chi connectivity index (χ0v) is 17.0. The molecule has 2 heterocycles. The Kier molecular flexibility index (Phi) is 6.25. The fraction of sp³-hybridized carbons (Fsp3) is 0.444. The molecule has 0 radical (unpaired) electrons. The average molecular weight is 410 g/mol. The van der Waals surface area contributed by atoms with E-state index in [-0.39, 0.29) is 10.8 Å². The molecule has 0 saturated carbocycles. The molecule has 0 atom stereocenters. The van der Waals surface area contributed by atoms with Crippen molar-refractivity contribution in [2.75, 3.05) is 26.3 Å². The number of aromatic nitrogens is 1. The number of carbonyl (C=O) groups is 1. The van der Waals surface area contributed by atoms with E-state index in [2.05, 4.69) is 24.1 Å². The first-order chi connectivity index (χ1) is 12.9. The van der Waals surface area contributed by atoms with E-state index < -0.39 is 10.0 Å². The molecular weight excluding hydrogens is 386 g/mol. The number of sulfonamides is 1. The van der Waals surface area contributed by atoms with Gasteiger partial charge in [0.15, 0.2) is 0 Å². The Morgan fingerprint density at radius 1 is 1.26 bits per heavy atom. The predicted molar refractivity (Wildman–Crippen MR) is 103 cm³/mol. The van der Waals surface area contributed by atoms with E-state index in [1.165, 1.54) is 28.6 Å². The molecule has 146 valence electrons. The lowest BCUT2D eigenvalue weighted by Crippen LogP contribution is -2.40. The van der Waals surface area contributed by atoms with Crippen LogP contribution in [0.25, 0.3) is 0 Å². The van der Waals surface area contributed by atoms with Crippen LogP contribution in [-0.2, 0) is 21.3 Å². The van der Waals surface area contributed by atoms with Crippen molar-refractivity contribution < 1.29 is 17.9 Å². The Morgan fingerprint density at radius 3 is 2.52 bits per heavy atom. The average Bonchev–Trinajstić information content (AvgIpc) is 3.16. The standard InChI is InChI=1S/C18H23N3O4S2/c1-13(2)18-20-15(12-26-18)11-19-17(22)14-3-5-16(6-4-14)27(23,24)21-7-9-25-10-8-21/h3-6,12-13H,7-11H2,1-2H3,(H,19,22). The minimum absolute atomic E-state index is 0.182. The van der Waals surface area contributed by atoms with Crippen LogP contribution in [0.5, 0.6) is 0 Å². The SMILES string of the molecule is CC(C)c1nc(CNC(=O)c2ccc(S(=O)(=O)N3CCOCC3)cc2)cs1. The summed E-state index contributed by atoms with van der Waals surface area (Å²) in [5.41, 5.74) is 1.24. The Hall–Kier alpha value is -1.81. The van der Waals surface area contributed by atoms with E-state index >= 15 is 0 Å². The summed E-state index contributed by atoms with van der Waals surface area (Å²) < 4.78 is 31.8. The summed E-state index contributed by atoms with van der Waals surface area (Å²) in [4.78, 5) is 17.0. The molecule has 0 unspecified atom stereocenters. The van der Waals surface area contributed by atoms with Gasteiger partial charge in [0.1, 0.15) is 0 Å². The van der Waals surface area contributed by atoms with Crippen LogP contribution in [0.1, 0.15) is 40.8 Å². The number of amides is 1. The molecule has 1 aliphatic heterocycles. The second-order valence-corrected chi connectivity index (χ2v) is 9.38. The van der Waals surface area contributed by atoms with Gasteiger partial charge in [0.25, 0.3) is 5.91 Å². The molecule has 0 bridgehead atoms. The van der Waals surface area contributed by atoms with Gasteiger partial charge in [-0.25, -0.2) is 13.4 Å². The van der Waals surface area contributed by atoms with E-state index in [1.54, 1.807) is 11.3 Å². The van der Waals surface area contributed by atoms with Gasteiger partial charge in [-0.1, -0.05) is 13.8 Å². The van der Waals surface area contributed by atoms with Gasteiger partial charge in [0.2, 0.25) is 10.0 Å². The highest BCUT2D eigenvalue weighted by molar-refractivity contribution is 7.89. The summed E-state index contributed by atoms with van der Waals surface area (Å²) in [6.07, 6.45) is 0. The number of carbonyl (C=O) groups excluding carboxylic acids is 1. The third-order valence-electron chi connectivity index (χ3n) is 4.22. The Bertz CT molecular complexity index is 886. The van der Waals surface area contributed by atoms with Crippen molar-refractivity contribution in [3.8, 4) is 0 Å². The minimum Gasteiger partial charge on any atom is -0.379 e. The summed E-state index contributed by atoms with van der Waals surface area (Å²) in [5.74, 6) is 0.102. The van der Waals surface area contributed by atoms with Crippen LogP contribution in [0, 0.1) is 0 Å². The van der Waals surface area contributed by atoms with Gasteiger partial charge in [-0.3, -0.25) is 4.79 Å². The summed E-state index contributed by atoms with van der Waals surface area (Å²) in [6.45, 7) is 5.98. The number of nitrogens with zero attached hydrogens (tertiary/aromatic N) is 2. The number of hydrogen-bond acceptors (Lipinski definition) is 6. The van der Waals surface area contributed by atoms with Crippen LogP contribution in [0.3, 0.4) is 0 Å². The van der Waals surface area contributed by atoms with Gasteiger partial charge in [-0.05, 0) is 24.3 Å². The highest BCUT2D eigenvalue weighted by Gasteiger charge is 2.26. The number of rotatable bonds is 6. The van der Waals surface area contributed by atoms with Crippen LogP contribution in [0.2, 0.25) is 0 Å². The third kappa shape index (κ3) is 4.73. The van der Waals surface area contributed by atoms with Gasteiger partial charge in [0.05, 0.1) is 35.4 Å². The quantitative estimate of drug-likeness (QED) is 0.790. The first-order valence-electron chi connectivity index (χ1n) is 8.78. The molecule has 9 heteroatoms. The first-order valence-corrected chi connectivity index (χ1v) is 11.1. The molecule has 1 aromatic carbocycles. The summed E-state index contributed by atoms with van der Waals surface area (Å²) in [5, 5.41) is 5.79. The Balaban J connectivity index is 1.62. The van der Waals surface area contributed by atoms with Crippen LogP contribution >= 0.6 is 11.3 Å². The Labute approximate surface area is 163 Å². The summed E-state index contributed by atoms with van der Waals surface area (Å²) in [7, 11) is -3.55. The molecule has 7 nitrogen and oxygen atoms in total. The molecule has 3 rings (SSSR count). The lowest BCUT2D eigenvalue weighted by Gasteiger charge is -2.26. The maximum atomic E-state index is 12.6. The summed E-state index contributed by atoms with van der Waals surface area (Å²) >= 11 is 1.58. The van der Waals surface area contributed by atoms with Crippen LogP contribution in [-0.4, -0.2) is 49.9 Å². The largest absolute Gasteiger partial charge is 0.379 e. The molecule has 0 spiro atoms. The zero-order valence-electron chi connectivity index (χ0n) is 15.3. The molecule has 27 heavy (non-hydrogen) atoms. The van der Waals surface area contributed by atoms with Crippen molar-refractivity contribution in [2.24, 2.45) is 0 Å². The van der Waals surface area contributed by atoms with Crippen LogP contribution in [0.15, 0.2) is 34.5 Å². The summed E-state index contributed by atoms with van der Waals surface area (Å²) in [6, 6.07) is 6.01. The van der Waals surface area contributed by atoms with E-state index in [0.717, 1.165) is 10.7 Å². The molecular formula is C18H23N3O4S2. The smallest absolute Gasteiger partial charge is 0.251 e. The molecule has 1 fully saturated rings. The molecule has 1 saturated heterocycles. The monoisotopic (exact) mass is 409 g/mol. The van der Waals surface area contributed by atoms with Crippen molar-refractivity contribution in [1.29, 1.82) is 0 Å².